The van der Waals surface area contributed by atoms with E-state index in [0.29, 0.717) is 17.1 Å². The van der Waals surface area contributed by atoms with Gasteiger partial charge in [-0.15, -0.1) is 0 Å². The summed E-state index contributed by atoms with van der Waals surface area (Å²) in [7, 11) is 0. The number of fused-ring (bicyclic) bond motifs is 1. The second-order valence-corrected chi connectivity index (χ2v) is 4.56. The Labute approximate surface area is 121 Å². The zero-order valence-electron chi connectivity index (χ0n) is 11.1. The smallest absolute Gasteiger partial charge is 0.351 e. The normalized spacial score (nSPS) is 16.3. The van der Waals surface area contributed by atoms with E-state index in [1.807, 2.05) is 6.07 Å². The van der Waals surface area contributed by atoms with Gasteiger partial charge in [-0.2, -0.15) is 0 Å². The van der Waals surface area contributed by atoms with Crippen molar-refractivity contribution < 1.29 is 23.4 Å². The van der Waals surface area contributed by atoms with E-state index in [0.717, 1.165) is 0 Å². The van der Waals surface area contributed by atoms with E-state index in [-0.39, 0.29) is 13.2 Å². The predicted molar refractivity (Wildman–Crippen MR) is 72.5 cm³/mol. The van der Waals surface area contributed by atoms with Crippen molar-refractivity contribution in [2.45, 2.75) is 12.7 Å². The van der Waals surface area contributed by atoms with Gasteiger partial charge < -0.3 is 14.2 Å². The lowest BCUT2D eigenvalue weighted by molar-refractivity contribution is -0.155. The van der Waals surface area contributed by atoms with Crippen LogP contribution in [0.25, 0.3) is 0 Å². The Morgan fingerprint density at radius 1 is 1.14 bits per heavy atom. The maximum absolute atomic E-state index is 13.4. The van der Waals surface area contributed by atoms with Crippen molar-refractivity contribution in [2.24, 2.45) is 0 Å². The molecule has 3 rings (SSSR count). The molecule has 0 aliphatic carbocycles. The quantitative estimate of drug-likeness (QED) is 0.815. The van der Waals surface area contributed by atoms with Crippen LogP contribution in [0, 0.1) is 5.82 Å². The molecule has 0 unspecified atom stereocenters. The minimum Gasteiger partial charge on any atom is -0.485 e. The van der Waals surface area contributed by atoms with Crippen molar-refractivity contribution >= 4 is 5.97 Å². The third-order valence-electron chi connectivity index (χ3n) is 3.10. The van der Waals surface area contributed by atoms with Gasteiger partial charge in [0.05, 0.1) is 0 Å². The first-order valence-electron chi connectivity index (χ1n) is 6.52. The van der Waals surface area contributed by atoms with Gasteiger partial charge in [-0.25, -0.2) is 9.18 Å². The molecule has 0 spiro atoms. The summed E-state index contributed by atoms with van der Waals surface area (Å²) in [6.07, 6.45) is -0.841. The van der Waals surface area contributed by atoms with Crippen molar-refractivity contribution in [2.75, 3.05) is 6.61 Å². The molecule has 108 valence electrons. The molecular formula is C16H13FO4. The van der Waals surface area contributed by atoms with Crippen LogP contribution < -0.4 is 9.47 Å². The molecule has 0 fully saturated rings. The van der Waals surface area contributed by atoms with Crippen LogP contribution in [0.4, 0.5) is 4.39 Å². The van der Waals surface area contributed by atoms with Gasteiger partial charge in [-0.3, -0.25) is 0 Å². The van der Waals surface area contributed by atoms with Crippen LogP contribution in [0.15, 0.2) is 48.5 Å². The Kier molecular flexibility index (Phi) is 3.73. The fourth-order valence-electron chi connectivity index (χ4n) is 1.99. The average Bonchev–Trinajstić information content (AvgIpc) is 2.53. The SMILES string of the molecule is O=C(OCc1ccccc1F)[C@@H]1COc2ccccc2O1. The monoisotopic (exact) mass is 288 g/mol. The Morgan fingerprint density at radius 2 is 1.86 bits per heavy atom. The van der Waals surface area contributed by atoms with Gasteiger partial charge in [-0.05, 0) is 18.2 Å². The number of benzene rings is 2. The molecule has 2 aromatic carbocycles. The number of rotatable bonds is 3. The minimum absolute atomic E-state index is 0.0765. The summed E-state index contributed by atoms with van der Waals surface area (Å²) in [5.74, 6) is 0.108. The molecule has 0 saturated carbocycles. The summed E-state index contributed by atoms with van der Waals surface area (Å²) >= 11 is 0. The van der Waals surface area contributed by atoms with Gasteiger partial charge in [0.2, 0.25) is 6.10 Å². The number of carbonyl (C=O) groups excluding carboxylic acids is 1. The first-order chi connectivity index (χ1) is 10.2. The lowest BCUT2D eigenvalue weighted by Crippen LogP contribution is -2.37. The molecule has 1 atom stereocenters. The number of hydrogen-bond donors (Lipinski definition) is 0. The molecule has 0 saturated heterocycles. The van der Waals surface area contributed by atoms with Crippen LogP contribution in [0.5, 0.6) is 11.5 Å². The number of esters is 1. The molecule has 1 heterocycles. The van der Waals surface area contributed by atoms with Crippen molar-refractivity contribution in [3.8, 4) is 11.5 Å². The molecule has 0 aromatic heterocycles. The third kappa shape index (κ3) is 2.97. The number of para-hydroxylation sites is 2. The highest BCUT2D eigenvalue weighted by atomic mass is 19.1. The van der Waals surface area contributed by atoms with Gasteiger partial charge in [0.15, 0.2) is 11.5 Å². The molecule has 0 amide bonds. The van der Waals surface area contributed by atoms with E-state index in [1.54, 1.807) is 36.4 Å². The first-order valence-corrected chi connectivity index (χ1v) is 6.52. The Balaban J connectivity index is 1.61. The van der Waals surface area contributed by atoms with Gasteiger partial charge >= 0.3 is 5.97 Å². The van der Waals surface area contributed by atoms with Crippen LogP contribution in [-0.2, 0) is 16.1 Å². The molecule has 0 radical (unpaired) electrons. The van der Waals surface area contributed by atoms with E-state index >= 15 is 0 Å². The summed E-state index contributed by atoms with van der Waals surface area (Å²) in [6, 6.07) is 13.2. The van der Waals surface area contributed by atoms with Crippen LogP contribution >= 0.6 is 0 Å². The maximum atomic E-state index is 13.4. The minimum atomic E-state index is -0.841. The molecule has 2 aromatic rings. The number of carbonyl (C=O) groups is 1. The summed E-state index contributed by atoms with van der Waals surface area (Å²) in [6.45, 7) is -0.0554. The summed E-state index contributed by atoms with van der Waals surface area (Å²) in [5, 5.41) is 0. The number of halogens is 1. The largest absolute Gasteiger partial charge is 0.485 e. The molecular weight excluding hydrogens is 275 g/mol. The molecule has 1 aliphatic heterocycles. The van der Waals surface area contributed by atoms with Crippen molar-refractivity contribution in [3.05, 3.63) is 59.9 Å². The lowest BCUT2D eigenvalue weighted by atomic mass is 10.2. The second-order valence-electron chi connectivity index (χ2n) is 4.56. The van der Waals surface area contributed by atoms with Gasteiger partial charge in [0, 0.05) is 5.56 Å². The highest BCUT2D eigenvalue weighted by Gasteiger charge is 2.28. The predicted octanol–water partition coefficient (Wildman–Crippen LogP) is 2.71. The summed E-state index contributed by atoms with van der Waals surface area (Å²) in [4.78, 5) is 11.9. The molecule has 5 heteroatoms. The highest BCUT2D eigenvalue weighted by molar-refractivity contribution is 5.76. The standard InChI is InChI=1S/C16H13FO4/c17-12-6-2-1-5-11(12)9-20-16(18)15-10-19-13-7-3-4-8-14(13)21-15/h1-8,15H,9-10H2/t15-/m0/s1. The Morgan fingerprint density at radius 3 is 2.67 bits per heavy atom. The zero-order chi connectivity index (χ0) is 14.7. The summed E-state index contributed by atoms with van der Waals surface area (Å²) < 4.78 is 29.5. The van der Waals surface area contributed by atoms with Gasteiger partial charge in [-0.1, -0.05) is 30.3 Å². The fraction of sp³-hybridized carbons (Fsp3) is 0.188. The molecule has 0 N–H and O–H groups in total. The first kappa shape index (κ1) is 13.4. The van der Waals surface area contributed by atoms with Crippen molar-refractivity contribution in [3.63, 3.8) is 0 Å². The highest BCUT2D eigenvalue weighted by Crippen LogP contribution is 2.31. The van der Waals surface area contributed by atoms with E-state index in [2.05, 4.69) is 0 Å². The van der Waals surface area contributed by atoms with E-state index in [1.165, 1.54) is 6.07 Å². The summed E-state index contributed by atoms with van der Waals surface area (Å²) in [5.41, 5.74) is 0.322. The Bertz CT molecular complexity index is 656. The van der Waals surface area contributed by atoms with E-state index in [9.17, 15) is 9.18 Å². The fourth-order valence-corrected chi connectivity index (χ4v) is 1.99. The van der Waals surface area contributed by atoms with Crippen LogP contribution in [-0.4, -0.2) is 18.7 Å². The average molecular weight is 288 g/mol. The van der Waals surface area contributed by atoms with Crippen LogP contribution in [0.2, 0.25) is 0 Å². The number of hydrogen-bond acceptors (Lipinski definition) is 4. The Hall–Kier alpha value is -2.56. The van der Waals surface area contributed by atoms with Crippen LogP contribution in [0.1, 0.15) is 5.56 Å². The van der Waals surface area contributed by atoms with Gasteiger partial charge in [0.25, 0.3) is 0 Å². The van der Waals surface area contributed by atoms with E-state index in [4.69, 9.17) is 14.2 Å². The number of ether oxygens (including phenoxy) is 3. The second kappa shape index (κ2) is 5.83. The van der Waals surface area contributed by atoms with Gasteiger partial charge in [0.1, 0.15) is 19.0 Å². The zero-order valence-corrected chi connectivity index (χ0v) is 11.1. The topological polar surface area (TPSA) is 44.8 Å². The molecule has 1 aliphatic rings. The molecule has 4 nitrogen and oxygen atoms in total. The third-order valence-corrected chi connectivity index (χ3v) is 3.10. The van der Waals surface area contributed by atoms with Crippen molar-refractivity contribution in [1.29, 1.82) is 0 Å². The van der Waals surface area contributed by atoms with Crippen molar-refractivity contribution in [1.82, 2.24) is 0 Å². The molecule has 21 heavy (non-hydrogen) atoms. The van der Waals surface area contributed by atoms with E-state index < -0.39 is 17.9 Å². The molecule has 0 bridgehead atoms. The maximum Gasteiger partial charge on any atom is 0.351 e. The van der Waals surface area contributed by atoms with Crippen LogP contribution in [0.3, 0.4) is 0 Å². The lowest BCUT2D eigenvalue weighted by Gasteiger charge is -2.24.